The van der Waals surface area contributed by atoms with Crippen LogP contribution in [0.2, 0.25) is 0 Å². The molecule has 1 amide bonds. The van der Waals surface area contributed by atoms with Gasteiger partial charge in [0, 0.05) is 24.9 Å². The number of ether oxygens (including phenoxy) is 1. The van der Waals surface area contributed by atoms with E-state index in [1.807, 2.05) is 50.8 Å². The van der Waals surface area contributed by atoms with Crippen LogP contribution in [0.4, 0.5) is 10.1 Å². The van der Waals surface area contributed by atoms with Crippen LogP contribution in [0.25, 0.3) is 0 Å². The van der Waals surface area contributed by atoms with E-state index in [1.165, 1.54) is 12.1 Å². The Balaban J connectivity index is 2.14. The van der Waals surface area contributed by atoms with Gasteiger partial charge in [-0.15, -0.1) is 0 Å². The van der Waals surface area contributed by atoms with Crippen LogP contribution in [0.5, 0.6) is 0 Å². The molecule has 1 aromatic rings. The van der Waals surface area contributed by atoms with Crippen LogP contribution in [0, 0.1) is 5.82 Å². The maximum atomic E-state index is 13.4. The standard InChI is InChI=1S/C22H31FN2O2/c1-5-7-17(6-2)15-24-16-21(26)25(19-10-8-18(23)9-11-19)20-12-13-27-22(3,4)14-20/h5-11,20,24H,12-16H2,1-4H3. The van der Waals surface area contributed by atoms with Crippen molar-refractivity contribution in [2.45, 2.75) is 52.2 Å². The smallest absolute Gasteiger partial charge is 0.241 e. The fourth-order valence-corrected chi connectivity index (χ4v) is 3.45. The van der Waals surface area contributed by atoms with Gasteiger partial charge in [0.05, 0.1) is 12.1 Å². The minimum atomic E-state index is -0.305. The van der Waals surface area contributed by atoms with Gasteiger partial charge >= 0.3 is 0 Å². The van der Waals surface area contributed by atoms with Crippen molar-refractivity contribution in [3.8, 4) is 0 Å². The number of hydrogen-bond acceptors (Lipinski definition) is 3. The molecule has 1 N–H and O–H groups in total. The quantitative estimate of drug-likeness (QED) is 0.726. The Morgan fingerprint density at radius 2 is 2.00 bits per heavy atom. The van der Waals surface area contributed by atoms with Gasteiger partial charge in [-0.3, -0.25) is 4.79 Å². The van der Waals surface area contributed by atoms with Crippen LogP contribution >= 0.6 is 0 Å². The molecule has 1 saturated heterocycles. The van der Waals surface area contributed by atoms with Crippen molar-refractivity contribution < 1.29 is 13.9 Å². The summed E-state index contributed by atoms with van der Waals surface area (Å²) in [5, 5.41) is 3.23. The minimum Gasteiger partial charge on any atom is -0.375 e. The van der Waals surface area contributed by atoms with Gasteiger partial charge in [-0.25, -0.2) is 4.39 Å². The predicted molar refractivity (Wildman–Crippen MR) is 108 cm³/mol. The summed E-state index contributed by atoms with van der Waals surface area (Å²) in [6, 6.07) is 6.18. The first kappa shape index (κ1) is 21.3. The number of carbonyl (C=O) groups excluding carboxylic acids is 1. The van der Waals surface area contributed by atoms with Crippen molar-refractivity contribution in [3.05, 3.63) is 53.9 Å². The van der Waals surface area contributed by atoms with Gasteiger partial charge in [0.2, 0.25) is 5.91 Å². The van der Waals surface area contributed by atoms with Crippen molar-refractivity contribution in [2.75, 3.05) is 24.6 Å². The van der Waals surface area contributed by atoms with Gasteiger partial charge in [0.1, 0.15) is 5.82 Å². The SMILES string of the molecule is CC=CC(=CC)CNCC(=O)N(c1ccc(F)cc1)C1CCOC(C)(C)C1. The van der Waals surface area contributed by atoms with Crippen LogP contribution in [0.15, 0.2) is 48.1 Å². The van der Waals surface area contributed by atoms with Crippen molar-refractivity contribution in [3.63, 3.8) is 0 Å². The molecule has 148 valence electrons. The van der Waals surface area contributed by atoms with E-state index in [0.717, 1.165) is 24.1 Å². The van der Waals surface area contributed by atoms with Gasteiger partial charge in [-0.2, -0.15) is 0 Å². The molecule has 0 radical (unpaired) electrons. The number of amides is 1. The summed E-state index contributed by atoms with van der Waals surface area (Å²) >= 11 is 0. The number of nitrogens with zero attached hydrogens (tertiary/aromatic N) is 1. The number of nitrogens with one attached hydrogen (secondary N) is 1. The summed E-state index contributed by atoms with van der Waals surface area (Å²) in [5.41, 5.74) is 1.58. The van der Waals surface area contributed by atoms with Crippen LogP contribution in [-0.4, -0.2) is 37.2 Å². The molecule has 1 aromatic carbocycles. The van der Waals surface area contributed by atoms with E-state index in [9.17, 15) is 9.18 Å². The van der Waals surface area contributed by atoms with E-state index >= 15 is 0 Å². The van der Waals surface area contributed by atoms with Crippen molar-refractivity contribution >= 4 is 11.6 Å². The molecule has 1 atom stereocenters. The second-order valence-corrected chi connectivity index (χ2v) is 7.46. The molecule has 1 unspecified atom stereocenters. The lowest BCUT2D eigenvalue weighted by Gasteiger charge is -2.41. The molecule has 1 heterocycles. The van der Waals surface area contributed by atoms with Gasteiger partial charge in [0.15, 0.2) is 0 Å². The third-order valence-electron chi connectivity index (χ3n) is 4.77. The Morgan fingerprint density at radius 1 is 1.30 bits per heavy atom. The first-order chi connectivity index (χ1) is 12.9. The maximum absolute atomic E-state index is 13.4. The van der Waals surface area contributed by atoms with Gasteiger partial charge in [0.25, 0.3) is 0 Å². The zero-order valence-corrected chi connectivity index (χ0v) is 16.8. The fourth-order valence-electron chi connectivity index (χ4n) is 3.45. The van der Waals surface area contributed by atoms with Crippen molar-refractivity contribution in [1.82, 2.24) is 5.32 Å². The molecule has 27 heavy (non-hydrogen) atoms. The molecule has 1 aliphatic heterocycles. The van der Waals surface area contributed by atoms with E-state index in [4.69, 9.17) is 4.74 Å². The van der Waals surface area contributed by atoms with E-state index in [1.54, 1.807) is 12.1 Å². The number of allylic oxidation sites excluding steroid dienone is 2. The molecule has 0 aromatic heterocycles. The molecule has 0 bridgehead atoms. The van der Waals surface area contributed by atoms with E-state index < -0.39 is 0 Å². The van der Waals surface area contributed by atoms with Crippen LogP contribution in [0.1, 0.15) is 40.5 Å². The summed E-state index contributed by atoms with van der Waals surface area (Å²) in [6.07, 6.45) is 7.54. The van der Waals surface area contributed by atoms with Crippen molar-refractivity contribution in [1.29, 1.82) is 0 Å². The fraction of sp³-hybridized carbons (Fsp3) is 0.500. The zero-order valence-electron chi connectivity index (χ0n) is 16.8. The van der Waals surface area contributed by atoms with Crippen molar-refractivity contribution in [2.24, 2.45) is 0 Å². The number of anilines is 1. The molecule has 2 rings (SSSR count). The number of halogens is 1. The van der Waals surface area contributed by atoms with Gasteiger partial charge in [-0.05, 0) is 70.4 Å². The first-order valence-electron chi connectivity index (χ1n) is 9.56. The van der Waals surface area contributed by atoms with E-state index in [-0.39, 0.29) is 29.9 Å². The molecular weight excluding hydrogens is 343 g/mol. The molecule has 1 fully saturated rings. The minimum absolute atomic E-state index is 0.0137. The first-order valence-corrected chi connectivity index (χ1v) is 9.56. The highest BCUT2D eigenvalue weighted by Gasteiger charge is 2.35. The normalized spacial score (nSPS) is 20.0. The third-order valence-corrected chi connectivity index (χ3v) is 4.77. The average Bonchev–Trinajstić information content (AvgIpc) is 2.62. The monoisotopic (exact) mass is 374 g/mol. The summed E-state index contributed by atoms with van der Waals surface area (Å²) in [4.78, 5) is 14.9. The third kappa shape index (κ3) is 6.29. The molecule has 5 heteroatoms. The highest BCUT2D eigenvalue weighted by atomic mass is 19.1. The number of hydrogen-bond donors (Lipinski definition) is 1. The Bertz CT molecular complexity index is 680. The lowest BCUT2D eigenvalue weighted by molar-refractivity contribution is -0.119. The number of benzene rings is 1. The zero-order chi connectivity index (χ0) is 19.9. The van der Waals surface area contributed by atoms with E-state index in [0.29, 0.717) is 13.2 Å². The van der Waals surface area contributed by atoms with Crippen LogP contribution in [-0.2, 0) is 9.53 Å². The molecule has 1 aliphatic rings. The molecule has 0 aliphatic carbocycles. The van der Waals surface area contributed by atoms with Crippen LogP contribution in [0.3, 0.4) is 0 Å². The molecule has 0 saturated carbocycles. The van der Waals surface area contributed by atoms with Gasteiger partial charge in [-0.1, -0.05) is 18.2 Å². The molecular formula is C22H31FN2O2. The Labute approximate surface area is 162 Å². The number of rotatable bonds is 7. The largest absolute Gasteiger partial charge is 0.375 e. The van der Waals surface area contributed by atoms with Crippen LogP contribution < -0.4 is 10.2 Å². The van der Waals surface area contributed by atoms with E-state index in [2.05, 4.69) is 5.32 Å². The summed E-state index contributed by atoms with van der Waals surface area (Å²) in [7, 11) is 0. The average molecular weight is 375 g/mol. The summed E-state index contributed by atoms with van der Waals surface area (Å²) < 4.78 is 19.2. The summed E-state index contributed by atoms with van der Waals surface area (Å²) in [6.45, 7) is 9.50. The lowest BCUT2D eigenvalue weighted by Crippen LogP contribution is -2.51. The molecule has 4 nitrogen and oxygen atoms in total. The summed E-state index contributed by atoms with van der Waals surface area (Å²) in [5.74, 6) is -0.319. The maximum Gasteiger partial charge on any atom is 0.241 e. The molecule has 0 spiro atoms. The Hall–Kier alpha value is -1.98. The van der Waals surface area contributed by atoms with Gasteiger partial charge < -0.3 is 15.0 Å². The lowest BCUT2D eigenvalue weighted by atomic mass is 9.92. The number of carbonyl (C=O) groups is 1. The Kier molecular flexibility index (Phi) is 7.75. The predicted octanol–water partition coefficient (Wildman–Crippen LogP) is 4.23. The highest BCUT2D eigenvalue weighted by Crippen LogP contribution is 2.30. The second-order valence-electron chi connectivity index (χ2n) is 7.46. The second kappa shape index (κ2) is 9.81. The highest BCUT2D eigenvalue weighted by molar-refractivity contribution is 5.95. The Morgan fingerprint density at radius 3 is 2.59 bits per heavy atom. The topological polar surface area (TPSA) is 41.6 Å².